The van der Waals surface area contributed by atoms with E-state index < -0.39 is 0 Å². The van der Waals surface area contributed by atoms with Crippen LogP contribution in [0.1, 0.15) is 21.7 Å². The Labute approximate surface area is 83.6 Å². The van der Waals surface area contributed by atoms with Gasteiger partial charge in [-0.2, -0.15) is 16.4 Å². The van der Waals surface area contributed by atoms with Gasteiger partial charge in [-0.25, -0.2) is 8.19 Å². The van der Waals surface area contributed by atoms with Crippen molar-refractivity contribution in [1.82, 2.24) is 0 Å². The Balaban J connectivity index is 0.000000810. The molecule has 0 saturated heterocycles. The van der Waals surface area contributed by atoms with E-state index in [1.807, 2.05) is 0 Å². The molecule has 10 heavy (non-hydrogen) atoms. The standard InChI is InChI=1S/C8H12P.Zr/c1-5-6(2)8(4)9-7(5)3;/h1-4H3;/q-1;. The maximum absolute atomic E-state index is 2.21. The molecule has 0 aromatic carbocycles. The van der Waals surface area contributed by atoms with Crippen LogP contribution >= 0.6 is 8.19 Å². The van der Waals surface area contributed by atoms with Crippen LogP contribution in [0.15, 0.2) is 0 Å². The van der Waals surface area contributed by atoms with Crippen LogP contribution < -0.4 is 0 Å². The second-order valence-electron chi connectivity index (χ2n) is 2.53. The van der Waals surface area contributed by atoms with Gasteiger partial charge in [-0.1, -0.05) is 27.7 Å². The third-order valence-corrected chi connectivity index (χ3v) is 3.32. The Kier molecular flexibility index (Phi) is 4.14. The molecule has 1 aromatic rings. The van der Waals surface area contributed by atoms with Gasteiger partial charge in [0.1, 0.15) is 0 Å². The van der Waals surface area contributed by atoms with Gasteiger partial charge in [0.05, 0.1) is 0 Å². The Morgan fingerprint density at radius 3 is 1.80 bits per heavy atom. The Morgan fingerprint density at radius 1 is 1.20 bits per heavy atom. The molecule has 0 N–H and O–H groups in total. The van der Waals surface area contributed by atoms with Crippen molar-refractivity contribution >= 4 is 8.19 Å². The monoisotopic (exact) mass is 229 g/mol. The van der Waals surface area contributed by atoms with Crippen LogP contribution in [0.2, 0.25) is 0 Å². The quantitative estimate of drug-likeness (QED) is 0.600. The first kappa shape index (κ1) is 10.7. The minimum Gasteiger partial charge on any atom is -0.220 e. The molecule has 0 fully saturated rings. The SMILES string of the molecule is Cc1p[c-](C)c(C)c1C.[Zr]. The molecule has 0 spiro atoms. The normalized spacial score (nSPS) is 10.0. The van der Waals surface area contributed by atoms with E-state index in [9.17, 15) is 0 Å². The predicted octanol–water partition coefficient (Wildman–Crippen LogP) is 3.22. The second kappa shape index (κ2) is 3.88. The summed E-state index contributed by atoms with van der Waals surface area (Å²) in [6.45, 7) is 8.82. The molecule has 2 heteroatoms. The first-order valence-corrected chi connectivity index (χ1v) is 4.09. The molecule has 0 radical (unpaired) electrons. The van der Waals surface area contributed by atoms with E-state index in [2.05, 4.69) is 27.7 Å². The average Bonchev–Trinajstić information content (AvgIpc) is 1.98. The maximum Gasteiger partial charge on any atom is 0 e. The predicted molar refractivity (Wildman–Crippen MR) is 43.5 cm³/mol. The van der Waals surface area contributed by atoms with E-state index in [0.717, 1.165) is 0 Å². The van der Waals surface area contributed by atoms with E-state index in [1.54, 1.807) is 0 Å². The van der Waals surface area contributed by atoms with Gasteiger partial charge < -0.3 is 0 Å². The molecule has 0 atom stereocenters. The third kappa shape index (κ3) is 1.83. The van der Waals surface area contributed by atoms with Crippen molar-refractivity contribution in [3.63, 3.8) is 0 Å². The molecule has 0 aliphatic carbocycles. The maximum atomic E-state index is 2.21. The third-order valence-electron chi connectivity index (χ3n) is 1.98. The van der Waals surface area contributed by atoms with Crippen molar-refractivity contribution in [2.24, 2.45) is 0 Å². The van der Waals surface area contributed by atoms with Crippen molar-refractivity contribution in [3.8, 4) is 0 Å². The first-order chi connectivity index (χ1) is 4.13. The van der Waals surface area contributed by atoms with E-state index >= 15 is 0 Å². The number of hydrogen-bond acceptors (Lipinski definition) is 0. The van der Waals surface area contributed by atoms with Crippen molar-refractivity contribution < 1.29 is 26.2 Å². The van der Waals surface area contributed by atoms with E-state index in [-0.39, 0.29) is 26.2 Å². The topological polar surface area (TPSA) is 0 Å². The summed E-state index contributed by atoms with van der Waals surface area (Å²) in [5.74, 6) is 0. The minimum absolute atomic E-state index is 0. The van der Waals surface area contributed by atoms with Gasteiger partial charge in [0.2, 0.25) is 0 Å². The zero-order valence-electron chi connectivity index (χ0n) is 6.95. The average molecular weight is 230 g/mol. The Bertz CT molecular complexity index is 203. The zero-order valence-corrected chi connectivity index (χ0v) is 10.3. The van der Waals surface area contributed by atoms with Gasteiger partial charge in [0, 0.05) is 26.2 Å². The summed E-state index contributed by atoms with van der Waals surface area (Å²) in [6, 6.07) is 0. The number of aryl methyl sites for hydroxylation is 2. The molecule has 1 aromatic heterocycles. The number of hydrogen-bond donors (Lipinski definition) is 0. The van der Waals surface area contributed by atoms with Crippen LogP contribution in [0, 0.1) is 27.7 Å². The van der Waals surface area contributed by atoms with Crippen molar-refractivity contribution in [3.05, 3.63) is 21.7 Å². The van der Waals surface area contributed by atoms with E-state index in [4.69, 9.17) is 0 Å². The summed E-state index contributed by atoms with van der Waals surface area (Å²) in [4.78, 5) is 0. The van der Waals surface area contributed by atoms with Crippen LogP contribution in [0.25, 0.3) is 0 Å². The van der Waals surface area contributed by atoms with E-state index in [0.29, 0.717) is 0 Å². The summed E-state index contributed by atoms with van der Waals surface area (Å²) < 4.78 is 0. The summed E-state index contributed by atoms with van der Waals surface area (Å²) >= 11 is 0. The minimum atomic E-state index is 0. The fourth-order valence-electron chi connectivity index (χ4n) is 0.962. The van der Waals surface area contributed by atoms with E-state index in [1.165, 1.54) is 29.9 Å². The smallest absolute Gasteiger partial charge is 0 e. The van der Waals surface area contributed by atoms with Gasteiger partial charge >= 0.3 is 0 Å². The largest absolute Gasteiger partial charge is 0.220 e. The molecule has 0 saturated carbocycles. The molecule has 1 rings (SSSR count). The molecular weight excluding hydrogens is 218 g/mol. The number of rotatable bonds is 0. The fraction of sp³-hybridized carbons (Fsp3) is 0.500. The fourth-order valence-corrected chi connectivity index (χ4v) is 2.14. The molecule has 0 bridgehead atoms. The Hall–Kier alpha value is 0.663. The van der Waals surface area contributed by atoms with Crippen LogP contribution in [0.4, 0.5) is 0 Å². The molecule has 0 nitrogen and oxygen atoms in total. The second-order valence-corrected chi connectivity index (χ2v) is 4.10. The van der Waals surface area contributed by atoms with Crippen molar-refractivity contribution in [2.75, 3.05) is 0 Å². The molecule has 1 heterocycles. The van der Waals surface area contributed by atoms with Crippen molar-refractivity contribution in [1.29, 1.82) is 0 Å². The summed E-state index contributed by atoms with van der Waals surface area (Å²) in [6.07, 6.45) is 0. The zero-order chi connectivity index (χ0) is 7.02. The van der Waals surface area contributed by atoms with Gasteiger partial charge in [0.15, 0.2) is 0 Å². The van der Waals surface area contributed by atoms with Gasteiger partial charge in [0.25, 0.3) is 0 Å². The molecule has 0 aliphatic heterocycles. The molecule has 54 valence electrons. The van der Waals surface area contributed by atoms with Crippen molar-refractivity contribution in [2.45, 2.75) is 27.7 Å². The molecular formula is C8H12PZr-. The van der Waals surface area contributed by atoms with Gasteiger partial charge in [-0.15, -0.1) is 5.30 Å². The first-order valence-electron chi connectivity index (χ1n) is 3.20. The summed E-state index contributed by atoms with van der Waals surface area (Å²) in [7, 11) is 1.44. The van der Waals surface area contributed by atoms with Gasteiger partial charge in [-0.3, -0.25) is 0 Å². The molecule has 0 unspecified atom stereocenters. The summed E-state index contributed by atoms with van der Waals surface area (Å²) in [5.41, 5.74) is 2.99. The van der Waals surface area contributed by atoms with Crippen LogP contribution in [0.3, 0.4) is 0 Å². The Morgan fingerprint density at radius 2 is 1.70 bits per heavy atom. The van der Waals surface area contributed by atoms with Crippen LogP contribution in [-0.2, 0) is 26.2 Å². The molecule has 0 amide bonds. The van der Waals surface area contributed by atoms with Gasteiger partial charge in [-0.05, 0) is 0 Å². The summed E-state index contributed by atoms with van der Waals surface area (Å²) in [5, 5.41) is 3.04. The van der Waals surface area contributed by atoms with Crippen LogP contribution in [-0.4, -0.2) is 0 Å². The van der Waals surface area contributed by atoms with Crippen LogP contribution in [0.5, 0.6) is 0 Å². The molecule has 0 aliphatic rings.